The van der Waals surface area contributed by atoms with Gasteiger partial charge in [-0.3, -0.25) is 9.59 Å². The molecule has 1 fully saturated rings. The third-order valence-corrected chi connectivity index (χ3v) is 4.65. The van der Waals surface area contributed by atoms with Crippen LogP contribution in [-0.2, 0) is 20.7 Å². The van der Waals surface area contributed by atoms with Crippen LogP contribution in [0.5, 0.6) is 0 Å². The number of para-hydroxylation sites is 1. The summed E-state index contributed by atoms with van der Waals surface area (Å²) >= 11 is 0. The van der Waals surface area contributed by atoms with Gasteiger partial charge >= 0.3 is 5.97 Å². The summed E-state index contributed by atoms with van der Waals surface area (Å²) in [6.45, 7) is 0. The second-order valence-corrected chi connectivity index (χ2v) is 6.24. The van der Waals surface area contributed by atoms with Gasteiger partial charge in [0.15, 0.2) is 5.58 Å². The lowest BCUT2D eigenvalue weighted by atomic mass is 9.94. The molecular formula is C18H22N2O4. The number of aromatic nitrogens is 1. The van der Waals surface area contributed by atoms with Crippen LogP contribution in [0.15, 0.2) is 28.8 Å². The van der Waals surface area contributed by atoms with Gasteiger partial charge in [-0.1, -0.05) is 36.6 Å². The van der Waals surface area contributed by atoms with E-state index < -0.39 is 0 Å². The Kier molecular flexibility index (Phi) is 5.13. The smallest absolute Gasteiger partial charge is 0.310 e. The average molecular weight is 330 g/mol. The number of hydrogen-bond acceptors (Lipinski definition) is 5. The molecule has 1 aliphatic rings. The molecule has 2 aromatic rings. The van der Waals surface area contributed by atoms with Crippen LogP contribution in [0.25, 0.3) is 11.0 Å². The Labute approximate surface area is 140 Å². The maximum atomic E-state index is 12.4. The Bertz CT molecular complexity index is 725. The Hall–Kier alpha value is -2.37. The minimum atomic E-state index is -0.268. The van der Waals surface area contributed by atoms with Gasteiger partial charge in [-0.15, -0.1) is 0 Å². The number of nitrogens with one attached hydrogen (secondary N) is 1. The molecule has 6 heteroatoms. The van der Waals surface area contributed by atoms with E-state index in [4.69, 9.17) is 9.26 Å². The first-order valence-corrected chi connectivity index (χ1v) is 8.39. The zero-order chi connectivity index (χ0) is 16.9. The van der Waals surface area contributed by atoms with E-state index in [0.717, 1.165) is 37.5 Å². The van der Waals surface area contributed by atoms with Gasteiger partial charge in [-0.25, -0.2) is 0 Å². The SMILES string of the molecule is COC(=O)[C@@H]1CCCCC[C@@H]1NC(=O)Cc1noc2ccccc12. The Morgan fingerprint density at radius 2 is 2.04 bits per heavy atom. The molecule has 1 N–H and O–H groups in total. The van der Waals surface area contributed by atoms with E-state index in [1.165, 1.54) is 7.11 Å². The summed E-state index contributed by atoms with van der Waals surface area (Å²) in [6.07, 6.45) is 4.76. The normalized spacial score (nSPS) is 21.2. The molecule has 24 heavy (non-hydrogen) atoms. The predicted molar refractivity (Wildman–Crippen MR) is 88.2 cm³/mol. The Balaban J connectivity index is 1.69. The van der Waals surface area contributed by atoms with Crippen LogP contribution >= 0.6 is 0 Å². The number of fused-ring (bicyclic) bond motifs is 1. The molecule has 1 aromatic carbocycles. The quantitative estimate of drug-likeness (QED) is 0.688. The first-order valence-electron chi connectivity index (χ1n) is 8.39. The number of ether oxygens (including phenoxy) is 1. The van der Waals surface area contributed by atoms with Gasteiger partial charge < -0.3 is 14.6 Å². The van der Waals surface area contributed by atoms with Gasteiger partial charge in [0.2, 0.25) is 5.91 Å². The number of esters is 1. The van der Waals surface area contributed by atoms with Crippen LogP contribution in [0, 0.1) is 5.92 Å². The molecule has 0 aliphatic heterocycles. The molecule has 1 saturated carbocycles. The van der Waals surface area contributed by atoms with Gasteiger partial charge in [-0.05, 0) is 25.0 Å². The van der Waals surface area contributed by atoms with Crippen molar-refractivity contribution in [2.24, 2.45) is 5.92 Å². The van der Waals surface area contributed by atoms with Crippen LogP contribution in [0.1, 0.15) is 37.8 Å². The fraction of sp³-hybridized carbons (Fsp3) is 0.500. The number of carbonyl (C=O) groups is 2. The highest BCUT2D eigenvalue weighted by Gasteiger charge is 2.31. The maximum Gasteiger partial charge on any atom is 0.310 e. The van der Waals surface area contributed by atoms with Crippen molar-refractivity contribution >= 4 is 22.8 Å². The highest BCUT2D eigenvalue weighted by atomic mass is 16.5. The summed E-state index contributed by atoms with van der Waals surface area (Å²) in [4.78, 5) is 24.4. The highest BCUT2D eigenvalue weighted by Crippen LogP contribution is 2.25. The van der Waals surface area contributed by atoms with E-state index in [2.05, 4.69) is 10.5 Å². The van der Waals surface area contributed by atoms with Crippen LogP contribution in [-0.4, -0.2) is 30.2 Å². The van der Waals surface area contributed by atoms with Crippen molar-refractivity contribution in [1.82, 2.24) is 10.5 Å². The molecular weight excluding hydrogens is 308 g/mol. The topological polar surface area (TPSA) is 81.4 Å². The first kappa shape index (κ1) is 16.5. The summed E-state index contributed by atoms with van der Waals surface area (Å²) in [5.41, 5.74) is 1.29. The number of methoxy groups -OCH3 is 1. The molecule has 128 valence electrons. The molecule has 6 nitrogen and oxygen atoms in total. The molecule has 1 amide bonds. The van der Waals surface area contributed by atoms with Crippen molar-refractivity contribution in [2.45, 2.75) is 44.6 Å². The van der Waals surface area contributed by atoms with Crippen LogP contribution in [0.2, 0.25) is 0 Å². The van der Waals surface area contributed by atoms with E-state index in [1.807, 2.05) is 24.3 Å². The standard InChI is InChI=1S/C18H22N2O4/c1-23-18(22)13-8-3-2-4-9-14(13)19-17(21)11-15-12-7-5-6-10-16(12)24-20-15/h5-7,10,13-14H,2-4,8-9,11H2,1H3,(H,19,21)/t13-,14+/m1/s1. The third-order valence-electron chi connectivity index (χ3n) is 4.65. The molecule has 1 aromatic heterocycles. The van der Waals surface area contributed by atoms with Gasteiger partial charge in [0.1, 0.15) is 5.69 Å². The lowest BCUT2D eigenvalue weighted by molar-refractivity contribution is -0.147. The largest absolute Gasteiger partial charge is 0.469 e. The molecule has 0 spiro atoms. The van der Waals surface area contributed by atoms with Crippen LogP contribution in [0.3, 0.4) is 0 Å². The lowest BCUT2D eigenvalue weighted by Gasteiger charge is -2.24. The number of carbonyl (C=O) groups excluding carboxylic acids is 2. The zero-order valence-corrected chi connectivity index (χ0v) is 13.8. The molecule has 0 bridgehead atoms. The number of rotatable bonds is 4. The van der Waals surface area contributed by atoms with Crippen molar-refractivity contribution in [2.75, 3.05) is 7.11 Å². The molecule has 0 radical (unpaired) electrons. The van der Waals surface area contributed by atoms with Crippen LogP contribution < -0.4 is 5.32 Å². The monoisotopic (exact) mass is 330 g/mol. The first-order chi connectivity index (χ1) is 11.7. The van der Waals surface area contributed by atoms with Gasteiger partial charge in [0, 0.05) is 11.4 Å². The molecule has 0 unspecified atom stereocenters. The summed E-state index contributed by atoms with van der Waals surface area (Å²) in [7, 11) is 1.40. The van der Waals surface area contributed by atoms with E-state index in [0.29, 0.717) is 11.3 Å². The average Bonchev–Trinajstić information content (AvgIpc) is 2.85. The summed E-state index contributed by atoms with van der Waals surface area (Å²) in [5, 5.41) is 7.84. The number of benzene rings is 1. The summed E-state index contributed by atoms with van der Waals surface area (Å²) < 4.78 is 10.1. The fourth-order valence-corrected chi connectivity index (χ4v) is 3.39. The van der Waals surface area contributed by atoms with Gasteiger partial charge in [-0.2, -0.15) is 0 Å². The minimum absolute atomic E-state index is 0.140. The summed E-state index contributed by atoms with van der Waals surface area (Å²) in [6, 6.07) is 7.29. The van der Waals surface area contributed by atoms with E-state index in [1.54, 1.807) is 0 Å². The minimum Gasteiger partial charge on any atom is -0.469 e. The Morgan fingerprint density at radius 1 is 1.25 bits per heavy atom. The molecule has 2 atom stereocenters. The van der Waals surface area contributed by atoms with Gasteiger partial charge in [0.05, 0.1) is 19.4 Å². The van der Waals surface area contributed by atoms with Crippen molar-refractivity contribution < 1.29 is 18.8 Å². The number of amides is 1. The summed E-state index contributed by atoms with van der Waals surface area (Å²) in [5.74, 6) is -0.653. The second-order valence-electron chi connectivity index (χ2n) is 6.24. The number of nitrogens with zero attached hydrogens (tertiary/aromatic N) is 1. The van der Waals surface area contributed by atoms with E-state index in [-0.39, 0.29) is 30.3 Å². The lowest BCUT2D eigenvalue weighted by Crippen LogP contribution is -2.43. The third kappa shape index (κ3) is 3.58. The van der Waals surface area contributed by atoms with Crippen molar-refractivity contribution in [3.63, 3.8) is 0 Å². The van der Waals surface area contributed by atoms with Crippen molar-refractivity contribution in [3.8, 4) is 0 Å². The van der Waals surface area contributed by atoms with E-state index >= 15 is 0 Å². The number of hydrogen-bond donors (Lipinski definition) is 1. The zero-order valence-electron chi connectivity index (χ0n) is 13.8. The molecule has 1 heterocycles. The Morgan fingerprint density at radius 3 is 2.88 bits per heavy atom. The van der Waals surface area contributed by atoms with Gasteiger partial charge in [0.25, 0.3) is 0 Å². The van der Waals surface area contributed by atoms with E-state index in [9.17, 15) is 9.59 Å². The van der Waals surface area contributed by atoms with Crippen molar-refractivity contribution in [3.05, 3.63) is 30.0 Å². The van der Waals surface area contributed by atoms with Crippen LogP contribution in [0.4, 0.5) is 0 Å². The van der Waals surface area contributed by atoms with Crippen molar-refractivity contribution in [1.29, 1.82) is 0 Å². The molecule has 0 saturated heterocycles. The molecule has 1 aliphatic carbocycles. The fourth-order valence-electron chi connectivity index (χ4n) is 3.39. The predicted octanol–water partition coefficient (Wildman–Crippen LogP) is 2.61. The highest BCUT2D eigenvalue weighted by molar-refractivity contribution is 5.86. The molecule has 3 rings (SSSR count). The maximum absolute atomic E-state index is 12.4. The second kappa shape index (κ2) is 7.47.